The van der Waals surface area contributed by atoms with Gasteiger partial charge in [-0.3, -0.25) is 4.98 Å². The van der Waals surface area contributed by atoms with Crippen molar-refractivity contribution in [3.05, 3.63) is 95.3 Å². The Labute approximate surface area is 199 Å². The fraction of sp³-hybridized carbons (Fsp3) is 0.214. The average Bonchev–Trinajstić information content (AvgIpc) is 2.88. The molecule has 34 heavy (non-hydrogen) atoms. The number of hydrogen-bond donors (Lipinski definition) is 0. The number of fused-ring (bicyclic) bond motifs is 1. The predicted molar refractivity (Wildman–Crippen MR) is 131 cm³/mol. The summed E-state index contributed by atoms with van der Waals surface area (Å²) in [6.45, 7) is 2.58. The summed E-state index contributed by atoms with van der Waals surface area (Å²) in [5.74, 6) is 1.49. The van der Waals surface area contributed by atoms with Crippen LogP contribution in [0.25, 0.3) is 10.8 Å². The van der Waals surface area contributed by atoms with E-state index in [9.17, 15) is 4.79 Å². The maximum Gasteiger partial charge on any atom is 0.340 e. The third-order valence-electron chi connectivity index (χ3n) is 5.51. The van der Waals surface area contributed by atoms with Crippen molar-refractivity contribution in [1.29, 1.82) is 0 Å². The van der Waals surface area contributed by atoms with E-state index in [1.165, 1.54) is 0 Å². The van der Waals surface area contributed by atoms with Gasteiger partial charge in [0.25, 0.3) is 0 Å². The number of methoxy groups -OCH3 is 2. The molecule has 4 aromatic rings. The second kappa shape index (κ2) is 10.7. The largest absolute Gasteiger partial charge is 0.493 e. The van der Waals surface area contributed by atoms with Crippen molar-refractivity contribution in [2.24, 2.45) is 0 Å². The van der Waals surface area contributed by atoms with Crippen LogP contribution in [0.2, 0.25) is 0 Å². The molecule has 0 bridgehead atoms. The highest BCUT2D eigenvalue weighted by atomic mass is 16.5. The smallest absolute Gasteiger partial charge is 0.340 e. The van der Waals surface area contributed by atoms with Crippen molar-refractivity contribution >= 4 is 16.7 Å². The van der Waals surface area contributed by atoms with Gasteiger partial charge in [-0.15, -0.1) is 0 Å². The molecule has 0 unspecified atom stereocenters. The lowest BCUT2D eigenvalue weighted by atomic mass is 10.00. The van der Waals surface area contributed by atoms with Crippen LogP contribution in [-0.4, -0.2) is 31.8 Å². The third kappa shape index (κ3) is 5.12. The van der Waals surface area contributed by atoms with Gasteiger partial charge in [0.15, 0.2) is 11.5 Å². The zero-order valence-corrected chi connectivity index (χ0v) is 19.5. The van der Waals surface area contributed by atoms with E-state index < -0.39 is 5.97 Å². The molecule has 0 fully saturated rings. The lowest BCUT2D eigenvalue weighted by Crippen LogP contribution is -2.08. The van der Waals surface area contributed by atoms with Gasteiger partial charge in [0.1, 0.15) is 12.4 Å². The predicted octanol–water partition coefficient (Wildman–Crippen LogP) is 5.60. The summed E-state index contributed by atoms with van der Waals surface area (Å²) in [5, 5.41) is 1.52. The van der Waals surface area contributed by atoms with Crippen LogP contribution in [0.5, 0.6) is 17.2 Å². The van der Waals surface area contributed by atoms with Gasteiger partial charge < -0.3 is 18.9 Å². The molecule has 0 spiro atoms. The van der Waals surface area contributed by atoms with Crippen molar-refractivity contribution in [3.8, 4) is 17.2 Å². The van der Waals surface area contributed by atoms with E-state index in [0.717, 1.165) is 28.0 Å². The summed E-state index contributed by atoms with van der Waals surface area (Å²) in [5.41, 5.74) is 3.40. The fourth-order valence-electron chi connectivity index (χ4n) is 3.77. The minimum absolute atomic E-state index is 0.286. The summed E-state index contributed by atoms with van der Waals surface area (Å²) in [4.78, 5) is 17.1. The van der Waals surface area contributed by atoms with Crippen molar-refractivity contribution < 1.29 is 23.7 Å². The number of carbonyl (C=O) groups excluding carboxylic acids is 1. The van der Waals surface area contributed by atoms with E-state index in [4.69, 9.17) is 18.9 Å². The van der Waals surface area contributed by atoms with Gasteiger partial charge in [-0.2, -0.15) is 0 Å². The van der Waals surface area contributed by atoms with E-state index in [0.29, 0.717) is 35.5 Å². The number of hydrogen-bond acceptors (Lipinski definition) is 6. The van der Waals surface area contributed by atoms with Gasteiger partial charge in [0, 0.05) is 23.4 Å². The van der Waals surface area contributed by atoms with Crippen LogP contribution < -0.4 is 14.2 Å². The lowest BCUT2D eigenvalue weighted by molar-refractivity contribution is 0.0528. The standard InChI is InChI=1S/C28H27NO5/c1-4-33-28(30)24-17-29-25(23-16-27(32-3)26(31-2)15-22(23)24)14-19-10-12-21(13-11-19)34-18-20-8-6-5-7-9-20/h5-13,15-17H,4,14,18H2,1-3H3. The summed E-state index contributed by atoms with van der Waals surface area (Å²) >= 11 is 0. The highest BCUT2D eigenvalue weighted by Gasteiger charge is 2.18. The van der Waals surface area contributed by atoms with Crippen molar-refractivity contribution in [1.82, 2.24) is 4.98 Å². The fourth-order valence-corrected chi connectivity index (χ4v) is 3.77. The third-order valence-corrected chi connectivity index (χ3v) is 5.51. The topological polar surface area (TPSA) is 66.9 Å². The minimum Gasteiger partial charge on any atom is -0.493 e. The first-order valence-corrected chi connectivity index (χ1v) is 11.1. The van der Waals surface area contributed by atoms with Crippen LogP contribution in [0, 0.1) is 0 Å². The molecule has 0 amide bonds. The van der Waals surface area contributed by atoms with Crippen LogP contribution in [-0.2, 0) is 17.8 Å². The molecule has 0 aliphatic rings. The second-order valence-electron chi connectivity index (χ2n) is 7.69. The van der Waals surface area contributed by atoms with Crippen molar-refractivity contribution in [2.45, 2.75) is 20.0 Å². The second-order valence-corrected chi connectivity index (χ2v) is 7.69. The molecule has 1 aromatic heterocycles. The van der Waals surface area contributed by atoms with E-state index in [1.54, 1.807) is 33.4 Å². The number of ether oxygens (including phenoxy) is 4. The number of benzene rings is 3. The van der Waals surface area contributed by atoms with Crippen molar-refractivity contribution in [3.63, 3.8) is 0 Å². The molecule has 6 nitrogen and oxygen atoms in total. The molecular formula is C28H27NO5. The molecule has 174 valence electrons. The molecule has 1 heterocycles. The Balaban J connectivity index is 1.62. The van der Waals surface area contributed by atoms with Gasteiger partial charge in [-0.05, 0) is 42.3 Å². The van der Waals surface area contributed by atoms with Crippen molar-refractivity contribution in [2.75, 3.05) is 20.8 Å². The zero-order valence-electron chi connectivity index (χ0n) is 19.5. The van der Waals surface area contributed by atoms with Crippen LogP contribution in [0.15, 0.2) is 72.9 Å². The monoisotopic (exact) mass is 457 g/mol. The number of aromatic nitrogens is 1. The van der Waals surface area contributed by atoms with Gasteiger partial charge in [0.2, 0.25) is 0 Å². The maximum absolute atomic E-state index is 12.5. The maximum atomic E-state index is 12.5. The zero-order chi connectivity index (χ0) is 23.9. The molecule has 0 aliphatic carbocycles. The Morgan fingerprint density at radius 1 is 0.853 bits per heavy atom. The molecular weight excluding hydrogens is 430 g/mol. The summed E-state index contributed by atoms with van der Waals surface area (Å²) < 4.78 is 22.1. The average molecular weight is 458 g/mol. The van der Waals surface area contributed by atoms with Gasteiger partial charge in [-0.1, -0.05) is 42.5 Å². The number of rotatable bonds is 9. The van der Waals surface area contributed by atoms with Gasteiger partial charge >= 0.3 is 5.97 Å². The minimum atomic E-state index is -0.418. The first-order valence-electron chi connectivity index (χ1n) is 11.1. The normalized spacial score (nSPS) is 10.7. The molecule has 0 N–H and O–H groups in total. The molecule has 0 radical (unpaired) electrons. The number of nitrogens with zero attached hydrogens (tertiary/aromatic N) is 1. The van der Waals surface area contributed by atoms with E-state index >= 15 is 0 Å². The molecule has 0 saturated carbocycles. The first kappa shape index (κ1) is 23.1. The van der Waals surface area contributed by atoms with Crippen LogP contribution >= 0.6 is 0 Å². The molecule has 4 rings (SSSR count). The van der Waals surface area contributed by atoms with Crippen LogP contribution in [0.4, 0.5) is 0 Å². The Morgan fingerprint density at radius 2 is 1.53 bits per heavy atom. The summed E-state index contributed by atoms with van der Waals surface area (Å²) in [7, 11) is 3.15. The Morgan fingerprint density at radius 3 is 2.18 bits per heavy atom. The van der Waals surface area contributed by atoms with E-state index in [-0.39, 0.29) is 6.61 Å². The molecule has 0 saturated heterocycles. The number of pyridine rings is 1. The molecule has 6 heteroatoms. The molecule has 0 atom stereocenters. The summed E-state index contributed by atoms with van der Waals surface area (Å²) in [6, 6.07) is 21.7. The molecule has 3 aromatic carbocycles. The Kier molecular flexibility index (Phi) is 7.28. The highest BCUT2D eigenvalue weighted by molar-refractivity contribution is 6.05. The van der Waals surface area contributed by atoms with E-state index in [2.05, 4.69) is 4.98 Å². The molecule has 0 aliphatic heterocycles. The number of esters is 1. The van der Waals surface area contributed by atoms with E-state index in [1.807, 2.05) is 60.7 Å². The first-order chi connectivity index (χ1) is 16.6. The van der Waals surface area contributed by atoms with Gasteiger partial charge in [-0.25, -0.2) is 4.79 Å². The number of carbonyl (C=O) groups is 1. The Bertz CT molecular complexity index is 1270. The Hall–Kier alpha value is -4.06. The lowest BCUT2D eigenvalue weighted by Gasteiger charge is -2.14. The SMILES string of the molecule is CCOC(=O)c1cnc(Cc2ccc(OCc3ccccc3)cc2)c2cc(OC)c(OC)cc12. The van der Waals surface area contributed by atoms with Crippen LogP contribution in [0.3, 0.4) is 0 Å². The van der Waals surface area contributed by atoms with Gasteiger partial charge in [0.05, 0.1) is 32.1 Å². The highest BCUT2D eigenvalue weighted by Crippen LogP contribution is 2.35. The quantitative estimate of drug-likeness (QED) is 0.305. The van der Waals surface area contributed by atoms with Crippen LogP contribution in [0.1, 0.15) is 34.1 Å². The summed E-state index contributed by atoms with van der Waals surface area (Å²) in [6.07, 6.45) is 2.15.